The van der Waals surface area contributed by atoms with Crippen molar-refractivity contribution in [1.29, 1.82) is 0 Å². The van der Waals surface area contributed by atoms with Gasteiger partial charge in [0.15, 0.2) is 5.82 Å². The lowest BCUT2D eigenvalue weighted by Gasteiger charge is -2.32. The average molecular weight is 493 g/mol. The molecular weight excluding hydrogens is 471 g/mol. The molecule has 2 aromatic carbocycles. The molecule has 0 spiro atoms. The maximum absolute atomic E-state index is 14.0. The second-order valence-corrected chi connectivity index (χ2v) is 8.56. The fourth-order valence-electron chi connectivity index (χ4n) is 4.36. The van der Waals surface area contributed by atoms with Gasteiger partial charge in [-0.05, 0) is 61.4 Å². The summed E-state index contributed by atoms with van der Waals surface area (Å²) in [6, 6.07) is 12.3. The lowest BCUT2D eigenvalue weighted by molar-refractivity contribution is -0.121. The Morgan fingerprint density at radius 2 is 1.69 bits per heavy atom. The van der Waals surface area contributed by atoms with Crippen LogP contribution in [0.25, 0.3) is 11.5 Å². The molecule has 4 aromatic rings. The third kappa shape index (κ3) is 4.61. The molecule has 3 heterocycles. The molecule has 2 amide bonds. The van der Waals surface area contributed by atoms with Crippen molar-refractivity contribution < 1.29 is 22.8 Å². The van der Waals surface area contributed by atoms with Gasteiger partial charge in [0.25, 0.3) is 5.91 Å². The molecule has 1 saturated heterocycles. The minimum absolute atomic E-state index is 0.111. The highest BCUT2D eigenvalue weighted by molar-refractivity contribution is 5.98. The van der Waals surface area contributed by atoms with Gasteiger partial charge in [0.05, 0.1) is 23.5 Å². The summed E-state index contributed by atoms with van der Waals surface area (Å²) in [5, 5.41) is 6.89. The number of likely N-dealkylation sites (tertiary alicyclic amines) is 1. The molecule has 1 unspecified atom stereocenters. The summed E-state index contributed by atoms with van der Waals surface area (Å²) in [4.78, 5) is 28.0. The molecule has 7 nitrogen and oxygen atoms in total. The minimum Gasteiger partial charge on any atom is -0.338 e. The van der Waals surface area contributed by atoms with E-state index in [1.807, 2.05) is 12.1 Å². The summed E-state index contributed by atoms with van der Waals surface area (Å²) in [7, 11) is 0. The molecule has 2 aromatic heterocycles. The Morgan fingerprint density at radius 1 is 0.972 bits per heavy atom. The van der Waals surface area contributed by atoms with E-state index in [2.05, 4.69) is 10.4 Å². The van der Waals surface area contributed by atoms with Gasteiger partial charge < -0.3 is 14.8 Å². The van der Waals surface area contributed by atoms with Gasteiger partial charge in [-0.3, -0.25) is 9.59 Å². The van der Waals surface area contributed by atoms with E-state index in [1.165, 1.54) is 24.4 Å². The lowest BCUT2D eigenvalue weighted by Crippen LogP contribution is -2.44. The zero-order chi connectivity index (χ0) is 25.2. The molecule has 0 aliphatic carbocycles. The Bertz CT molecular complexity index is 1400. The van der Waals surface area contributed by atoms with Crippen LogP contribution >= 0.6 is 0 Å². The molecule has 0 saturated carbocycles. The van der Waals surface area contributed by atoms with Crippen LogP contribution in [0.15, 0.2) is 73.2 Å². The van der Waals surface area contributed by atoms with E-state index < -0.39 is 23.5 Å². The summed E-state index contributed by atoms with van der Waals surface area (Å²) >= 11 is 0. The van der Waals surface area contributed by atoms with Gasteiger partial charge in [-0.2, -0.15) is 5.10 Å². The summed E-state index contributed by atoms with van der Waals surface area (Å²) in [6.45, 7) is 0.584. The zero-order valence-electron chi connectivity index (χ0n) is 19.1. The highest BCUT2D eigenvalue weighted by atomic mass is 19.1. The van der Waals surface area contributed by atoms with Crippen LogP contribution in [0.4, 0.5) is 18.9 Å². The van der Waals surface area contributed by atoms with Crippen molar-refractivity contribution >= 4 is 17.5 Å². The highest BCUT2D eigenvalue weighted by Gasteiger charge is 2.32. The van der Waals surface area contributed by atoms with Gasteiger partial charge in [-0.1, -0.05) is 0 Å². The van der Waals surface area contributed by atoms with Crippen LogP contribution in [0, 0.1) is 23.4 Å². The predicted octanol–water partition coefficient (Wildman–Crippen LogP) is 4.57. The monoisotopic (exact) mass is 493 g/mol. The van der Waals surface area contributed by atoms with Crippen LogP contribution in [0.1, 0.15) is 23.2 Å². The van der Waals surface area contributed by atoms with Crippen LogP contribution in [-0.2, 0) is 4.79 Å². The van der Waals surface area contributed by atoms with Crippen molar-refractivity contribution in [2.24, 2.45) is 5.92 Å². The first-order valence-electron chi connectivity index (χ1n) is 11.4. The number of nitrogens with one attached hydrogen (secondary N) is 1. The van der Waals surface area contributed by atoms with Crippen LogP contribution in [0.5, 0.6) is 0 Å². The maximum Gasteiger partial charge on any atom is 0.259 e. The number of hydrogen-bond acceptors (Lipinski definition) is 3. The van der Waals surface area contributed by atoms with Gasteiger partial charge >= 0.3 is 0 Å². The number of amides is 2. The first-order chi connectivity index (χ1) is 17.4. The Balaban J connectivity index is 1.39. The lowest BCUT2D eigenvalue weighted by atomic mass is 9.96. The van der Waals surface area contributed by atoms with E-state index in [9.17, 15) is 22.8 Å². The van der Waals surface area contributed by atoms with Crippen molar-refractivity contribution in [3.8, 4) is 11.5 Å². The van der Waals surface area contributed by atoms with Crippen LogP contribution in [0.2, 0.25) is 0 Å². The Morgan fingerprint density at radius 3 is 2.42 bits per heavy atom. The third-order valence-electron chi connectivity index (χ3n) is 6.16. The van der Waals surface area contributed by atoms with Crippen molar-refractivity contribution in [2.75, 3.05) is 18.4 Å². The number of benzene rings is 2. The number of nitrogens with zero attached hydrogens (tertiary/aromatic N) is 4. The number of halogens is 3. The van der Waals surface area contributed by atoms with Gasteiger partial charge in [0.2, 0.25) is 5.91 Å². The number of anilines is 1. The highest BCUT2D eigenvalue weighted by Crippen LogP contribution is 2.25. The van der Waals surface area contributed by atoms with E-state index in [4.69, 9.17) is 0 Å². The number of hydrogen-bond donors (Lipinski definition) is 1. The van der Waals surface area contributed by atoms with Crippen LogP contribution in [0.3, 0.4) is 0 Å². The molecule has 1 fully saturated rings. The largest absolute Gasteiger partial charge is 0.338 e. The van der Waals surface area contributed by atoms with Crippen molar-refractivity contribution in [2.45, 2.75) is 12.8 Å². The van der Waals surface area contributed by atoms with Crippen LogP contribution < -0.4 is 5.32 Å². The molecule has 10 heteroatoms. The van der Waals surface area contributed by atoms with Gasteiger partial charge in [0.1, 0.15) is 23.0 Å². The molecule has 1 atom stereocenters. The van der Waals surface area contributed by atoms with Gasteiger partial charge in [-0.15, -0.1) is 0 Å². The molecule has 0 radical (unpaired) electrons. The molecule has 1 aliphatic rings. The first kappa shape index (κ1) is 23.4. The van der Waals surface area contributed by atoms with E-state index in [0.717, 1.165) is 6.07 Å². The van der Waals surface area contributed by atoms with E-state index in [0.29, 0.717) is 42.5 Å². The standard InChI is InChI=1S/C26H22F3N5O2/c27-18-5-8-20(9-6-18)34-25(32-11-1-2-12-32)21(15-30-34)26(36)33-13-3-4-17(16-33)24(35)31-23-10-7-19(28)14-22(23)29/h1-2,5-12,14-15,17H,3-4,13,16H2,(H,31,35). The summed E-state index contributed by atoms with van der Waals surface area (Å²) in [5.74, 6) is -2.81. The summed E-state index contributed by atoms with van der Waals surface area (Å²) in [5.41, 5.74) is 0.790. The normalized spacial score (nSPS) is 15.6. The smallest absolute Gasteiger partial charge is 0.259 e. The third-order valence-corrected chi connectivity index (χ3v) is 6.16. The number of carbonyl (C=O) groups is 2. The Labute approximate surface area is 204 Å². The maximum atomic E-state index is 14.0. The second-order valence-electron chi connectivity index (χ2n) is 8.56. The molecule has 36 heavy (non-hydrogen) atoms. The first-order valence-corrected chi connectivity index (χ1v) is 11.4. The van der Waals surface area contributed by atoms with Gasteiger partial charge in [-0.25, -0.2) is 17.9 Å². The molecular formula is C26H22F3N5O2. The number of aromatic nitrogens is 3. The van der Waals surface area contributed by atoms with Gasteiger partial charge in [0, 0.05) is 31.5 Å². The minimum atomic E-state index is -0.864. The average Bonchev–Trinajstić information content (AvgIpc) is 3.56. The van der Waals surface area contributed by atoms with Crippen molar-refractivity contribution in [3.05, 3.63) is 96.2 Å². The molecule has 1 aliphatic heterocycles. The number of rotatable bonds is 5. The predicted molar refractivity (Wildman–Crippen MR) is 126 cm³/mol. The van der Waals surface area contributed by atoms with Crippen molar-refractivity contribution in [1.82, 2.24) is 19.2 Å². The Hall–Kier alpha value is -4.34. The fourth-order valence-corrected chi connectivity index (χ4v) is 4.36. The van der Waals surface area contributed by atoms with Crippen LogP contribution in [-0.4, -0.2) is 44.2 Å². The molecule has 0 bridgehead atoms. The molecule has 1 N–H and O–H groups in total. The quantitative estimate of drug-likeness (QED) is 0.443. The van der Waals surface area contributed by atoms with E-state index in [-0.39, 0.29) is 24.0 Å². The fraction of sp³-hybridized carbons (Fsp3) is 0.192. The topological polar surface area (TPSA) is 72.2 Å². The van der Waals surface area contributed by atoms with Crippen molar-refractivity contribution in [3.63, 3.8) is 0 Å². The van der Waals surface area contributed by atoms with E-state index in [1.54, 1.807) is 38.7 Å². The molecule has 184 valence electrons. The SMILES string of the molecule is O=C(Nc1ccc(F)cc1F)C1CCCN(C(=O)c2cnn(-c3ccc(F)cc3)c2-n2cccc2)C1. The summed E-state index contributed by atoms with van der Waals surface area (Å²) in [6.07, 6.45) is 6.12. The number of piperidine rings is 1. The second kappa shape index (κ2) is 9.73. The van der Waals surface area contributed by atoms with E-state index >= 15 is 0 Å². The summed E-state index contributed by atoms with van der Waals surface area (Å²) < 4.78 is 43.9. The number of carbonyl (C=O) groups excluding carboxylic acids is 2. The zero-order valence-corrected chi connectivity index (χ0v) is 19.1. The molecule has 5 rings (SSSR count). The Kier molecular flexibility index (Phi) is 6.32.